The summed E-state index contributed by atoms with van der Waals surface area (Å²) in [5.41, 5.74) is 4.01. The van der Waals surface area contributed by atoms with E-state index in [2.05, 4.69) is 17.5 Å². The summed E-state index contributed by atoms with van der Waals surface area (Å²) < 4.78 is 5.75. The second-order valence-electron chi connectivity index (χ2n) is 7.85. The molecule has 0 unspecified atom stereocenters. The number of benzene rings is 2. The SMILES string of the molecule is CCCCCCCCCCOc1ccc(C(=O)N/N=C\c2ccc(C)c([N+](=O)[O-])c2)cc1. The van der Waals surface area contributed by atoms with Crippen LogP contribution in [0.15, 0.2) is 47.6 Å². The first-order valence-corrected chi connectivity index (χ1v) is 11.3. The third-order valence-corrected chi connectivity index (χ3v) is 5.19. The van der Waals surface area contributed by atoms with Gasteiger partial charge in [-0.15, -0.1) is 0 Å². The molecule has 7 nitrogen and oxygen atoms in total. The Labute approximate surface area is 190 Å². The summed E-state index contributed by atoms with van der Waals surface area (Å²) in [6.07, 6.45) is 11.4. The standard InChI is InChI=1S/C25H33N3O4/c1-3-4-5-6-7-8-9-10-17-32-23-15-13-22(14-16-23)25(29)27-26-19-21-12-11-20(2)24(18-21)28(30)31/h11-16,18-19H,3-10,17H2,1-2H3,(H,27,29)/b26-19-. The van der Waals surface area contributed by atoms with Crippen molar-refractivity contribution >= 4 is 17.8 Å². The van der Waals surface area contributed by atoms with Crippen LogP contribution in [0.2, 0.25) is 0 Å². The maximum atomic E-state index is 12.2. The van der Waals surface area contributed by atoms with Gasteiger partial charge in [0.25, 0.3) is 11.6 Å². The zero-order chi connectivity index (χ0) is 23.2. The van der Waals surface area contributed by atoms with Crippen molar-refractivity contribution in [2.45, 2.75) is 65.2 Å². The van der Waals surface area contributed by atoms with Crippen LogP contribution < -0.4 is 10.2 Å². The Morgan fingerprint density at radius 1 is 1.03 bits per heavy atom. The average Bonchev–Trinajstić information content (AvgIpc) is 2.79. The number of hydrogen-bond acceptors (Lipinski definition) is 5. The fraction of sp³-hybridized carbons (Fsp3) is 0.440. The van der Waals surface area contributed by atoms with Crippen LogP contribution in [-0.4, -0.2) is 23.7 Å². The van der Waals surface area contributed by atoms with Crippen molar-refractivity contribution in [1.29, 1.82) is 0 Å². The highest BCUT2D eigenvalue weighted by Crippen LogP contribution is 2.18. The van der Waals surface area contributed by atoms with Crippen LogP contribution in [0.4, 0.5) is 5.69 Å². The lowest BCUT2D eigenvalue weighted by molar-refractivity contribution is -0.385. The number of carbonyl (C=O) groups excluding carboxylic acids is 1. The highest BCUT2D eigenvalue weighted by Gasteiger charge is 2.10. The predicted octanol–water partition coefficient (Wildman–Crippen LogP) is 6.19. The first-order valence-electron chi connectivity index (χ1n) is 11.3. The molecular weight excluding hydrogens is 406 g/mol. The van der Waals surface area contributed by atoms with Gasteiger partial charge < -0.3 is 4.74 Å². The van der Waals surface area contributed by atoms with Gasteiger partial charge in [0, 0.05) is 22.8 Å². The number of hydrogen-bond donors (Lipinski definition) is 1. The van der Waals surface area contributed by atoms with E-state index in [0.29, 0.717) is 23.3 Å². The van der Waals surface area contributed by atoms with E-state index in [1.165, 1.54) is 57.2 Å². The quantitative estimate of drug-likeness (QED) is 0.164. The van der Waals surface area contributed by atoms with Crippen LogP contribution in [-0.2, 0) is 0 Å². The molecule has 0 heterocycles. The highest BCUT2D eigenvalue weighted by molar-refractivity contribution is 5.95. The van der Waals surface area contributed by atoms with E-state index in [4.69, 9.17) is 4.74 Å². The van der Waals surface area contributed by atoms with Gasteiger partial charge in [-0.05, 0) is 37.6 Å². The number of rotatable bonds is 14. The molecule has 0 saturated heterocycles. The minimum absolute atomic E-state index is 0.0165. The minimum Gasteiger partial charge on any atom is -0.494 e. The molecule has 0 aromatic heterocycles. The largest absolute Gasteiger partial charge is 0.494 e. The van der Waals surface area contributed by atoms with Gasteiger partial charge in [-0.25, -0.2) is 5.43 Å². The van der Waals surface area contributed by atoms with E-state index < -0.39 is 4.92 Å². The van der Waals surface area contributed by atoms with Crippen molar-refractivity contribution < 1.29 is 14.5 Å². The fourth-order valence-corrected chi connectivity index (χ4v) is 3.26. The van der Waals surface area contributed by atoms with E-state index in [1.54, 1.807) is 43.3 Å². The third kappa shape index (κ3) is 8.88. The molecule has 32 heavy (non-hydrogen) atoms. The van der Waals surface area contributed by atoms with Crippen LogP contribution in [0.25, 0.3) is 0 Å². The number of carbonyl (C=O) groups is 1. The Hall–Kier alpha value is -3.22. The second kappa shape index (κ2) is 14.0. The number of amides is 1. The lowest BCUT2D eigenvalue weighted by atomic mass is 10.1. The summed E-state index contributed by atoms with van der Waals surface area (Å²) in [7, 11) is 0. The molecule has 0 radical (unpaired) electrons. The van der Waals surface area contributed by atoms with E-state index in [9.17, 15) is 14.9 Å². The molecular formula is C25H33N3O4. The van der Waals surface area contributed by atoms with Crippen molar-refractivity contribution in [3.63, 3.8) is 0 Å². The smallest absolute Gasteiger partial charge is 0.272 e. The molecule has 0 bridgehead atoms. The number of aryl methyl sites for hydroxylation is 1. The molecule has 1 amide bonds. The lowest BCUT2D eigenvalue weighted by Gasteiger charge is -2.07. The van der Waals surface area contributed by atoms with Gasteiger partial charge in [0.2, 0.25) is 0 Å². The van der Waals surface area contributed by atoms with Crippen LogP contribution >= 0.6 is 0 Å². The topological polar surface area (TPSA) is 93.8 Å². The van der Waals surface area contributed by atoms with Crippen LogP contribution in [0.3, 0.4) is 0 Å². The Morgan fingerprint density at radius 2 is 1.69 bits per heavy atom. The molecule has 2 aromatic carbocycles. The van der Waals surface area contributed by atoms with Crippen molar-refractivity contribution in [2.24, 2.45) is 5.10 Å². The maximum absolute atomic E-state index is 12.2. The van der Waals surface area contributed by atoms with Gasteiger partial charge in [0.05, 0.1) is 17.7 Å². The van der Waals surface area contributed by atoms with E-state index in [0.717, 1.165) is 12.2 Å². The molecule has 2 rings (SSSR count). The molecule has 0 aliphatic rings. The van der Waals surface area contributed by atoms with Crippen molar-refractivity contribution in [1.82, 2.24) is 5.43 Å². The molecule has 1 N–H and O–H groups in total. The number of ether oxygens (including phenoxy) is 1. The summed E-state index contributed by atoms with van der Waals surface area (Å²) in [5.74, 6) is 0.373. The van der Waals surface area contributed by atoms with Crippen molar-refractivity contribution in [3.05, 3.63) is 69.3 Å². The summed E-state index contributed by atoms with van der Waals surface area (Å²) in [5, 5.41) is 14.9. The van der Waals surface area contributed by atoms with Gasteiger partial charge in [-0.3, -0.25) is 14.9 Å². The molecule has 0 aliphatic carbocycles. The van der Waals surface area contributed by atoms with Gasteiger partial charge in [-0.2, -0.15) is 5.10 Å². The number of hydrazone groups is 1. The average molecular weight is 440 g/mol. The zero-order valence-corrected chi connectivity index (χ0v) is 19.0. The van der Waals surface area contributed by atoms with Gasteiger partial charge in [-0.1, -0.05) is 64.0 Å². The van der Waals surface area contributed by atoms with E-state index in [1.807, 2.05) is 0 Å². The molecule has 0 atom stereocenters. The second-order valence-corrected chi connectivity index (χ2v) is 7.85. The first-order chi connectivity index (χ1) is 15.5. The molecule has 172 valence electrons. The van der Waals surface area contributed by atoms with Gasteiger partial charge in [0.1, 0.15) is 5.75 Å². The lowest BCUT2D eigenvalue weighted by Crippen LogP contribution is -2.17. The Bertz CT molecular complexity index is 895. The summed E-state index contributed by atoms with van der Waals surface area (Å²) in [6, 6.07) is 11.7. The van der Waals surface area contributed by atoms with Gasteiger partial charge >= 0.3 is 0 Å². The zero-order valence-electron chi connectivity index (χ0n) is 19.0. The number of unbranched alkanes of at least 4 members (excludes halogenated alkanes) is 7. The number of nitrogens with zero attached hydrogens (tertiary/aromatic N) is 2. The van der Waals surface area contributed by atoms with Gasteiger partial charge in [0.15, 0.2) is 0 Å². The number of nitro groups is 1. The molecule has 0 aliphatic heterocycles. The monoisotopic (exact) mass is 439 g/mol. The highest BCUT2D eigenvalue weighted by atomic mass is 16.6. The van der Waals surface area contributed by atoms with Crippen molar-refractivity contribution in [2.75, 3.05) is 6.61 Å². The molecule has 0 spiro atoms. The van der Waals surface area contributed by atoms with E-state index >= 15 is 0 Å². The molecule has 7 heteroatoms. The molecule has 0 fully saturated rings. The van der Waals surface area contributed by atoms with Crippen molar-refractivity contribution in [3.8, 4) is 5.75 Å². The van der Waals surface area contributed by atoms with Crippen LogP contribution in [0, 0.1) is 17.0 Å². The third-order valence-electron chi connectivity index (χ3n) is 5.19. The molecule has 0 saturated carbocycles. The molecule has 2 aromatic rings. The fourth-order valence-electron chi connectivity index (χ4n) is 3.26. The van der Waals surface area contributed by atoms with E-state index in [-0.39, 0.29) is 11.6 Å². The summed E-state index contributed by atoms with van der Waals surface area (Å²) in [4.78, 5) is 22.8. The van der Waals surface area contributed by atoms with Crippen LogP contribution in [0.5, 0.6) is 5.75 Å². The predicted molar refractivity (Wildman–Crippen MR) is 127 cm³/mol. The Balaban J connectivity index is 1.71. The first kappa shape index (κ1) is 25.0. The van der Waals surface area contributed by atoms with Crippen LogP contribution in [0.1, 0.15) is 79.8 Å². The number of nitrogens with one attached hydrogen (secondary N) is 1. The normalized spacial score (nSPS) is 10.9. The summed E-state index contributed by atoms with van der Waals surface area (Å²) >= 11 is 0. The summed E-state index contributed by atoms with van der Waals surface area (Å²) in [6.45, 7) is 4.57. The Kier molecular flexibility index (Phi) is 10.9. The minimum atomic E-state index is -0.441. The Morgan fingerprint density at radius 3 is 2.34 bits per heavy atom. The number of nitro benzene ring substituents is 1. The maximum Gasteiger partial charge on any atom is 0.272 e.